The van der Waals surface area contributed by atoms with Gasteiger partial charge in [-0.25, -0.2) is 12.8 Å². The second-order valence-electron chi connectivity index (χ2n) is 7.07. The van der Waals surface area contributed by atoms with Crippen molar-refractivity contribution in [3.8, 4) is 6.07 Å². The van der Waals surface area contributed by atoms with Crippen LogP contribution in [0, 0.1) is 23.1 Å². The average Bonchev–Trinajstić information content (AvgIpc) is 2.74. The molecule has 0 bridgehead atoms. The Morgan fingerprint density at radius 2 is 1.79 bits per heavy atom. The lowest BCUT2D eigenvalue weighted by Gasteiger charge is -2.32. The lowest BCUT2D eigenvalue weighted by molar-refractivity contribution is -0.136. The molecule has 1 aliphatic rings. The van der Waals surface area contributed by atoms with Crippen LogP contribution in [-0.2, 0) is 21.4 Å². The first-order valence-corrected chi connectivity index (χ1v) is 10.8. The molecule has 0 radical (unpaired) electrons. The highest BCUT2D eigenvalue weighted by molar-refractivity contribution is 7.89. The van der Waals surface area contributed by atoms with Crippen molar-refractivity contribution in [2.75, 3.05) is 20.1 Å². The fraction of sp³-hybridized carbons (Fsp3) is 0.333. The molecule has 1 heterocycles. The molecular weight excluding hydrogens is 393 g/mol. The van der Waals surface area contributed by atoms with Crippen LogP contribution in [0.2, 0.25) is 0 Å². The minimum atomic E-state index is -3.79. The largest absolute Gasteiger partial charge is 0.341 e. The number of sulfonamides is 1. The lowest BCUT2D eigenvalue weighted by atomic mass is 9.96. The summed E-state index contributed by atoms with van der Waals surface area (Å²) in [4.78, 5) is 14.2. The summed E-state index contributed by atoms with van der Waals surface area (Å²) >= 11 is 0. The molecule has 1 amide bonds. The van der Waals surface area contributed by atoms with Crippen LogP contribution in [0.25, 0.3) is 0 Å². The van der Waals surface area contributed by atoms with Crippen LogP contribution in [0.1, 0.15) is 24.0 Å². The Hall–Kier alpha value is -2.76. The Kier molecular flexibility index (Phi) is 6.30. The van der Waals surface area contributed by atoms with Gasteiger partial charge in [-0.15, -0.1) is 0 Å². The molecule has 2 aromatic carbocycles. The Bertz CT molecular complexity index is 1040. The topological polar surface area (TPSA) is 81.5 Å². The summed E-state index contributed by atoms with van der Waals surface area (Å²) in [5.74, 6) is -0.795. The summed E-state index contributed by atoms with van der Waals surface area (Å²) in [5.41, 5.74) is 0.548. The molecule has 3 rings (SSSR count). The van der Waals surface area contributed by atoms with Gasteiger partial charge in [0.05, 0.1) is 10.5 Å². The highest BCUT2D eigenvalue weighted by Gasteiger charge is 2.34. The zero-order valence-electron chi connectivity index (χ0n) is 16.1. The molecule has 2 aromatic rings. The van der Waals surface area contributed by atoms with Crippen molar-refractivity contribution >= 4 is 15.9 Å². The van der Waals surface area contributed by atoms with E-state index in [0.717, 1.165) is 0 Å². The summed E-state index contributed by atoms with van der Waals surface area (Å²) in [6.07, 6.45) is 0.767. The molecule has 0 unspecified atom stereocenters. The van der Waals surface area contributed by atoms with Crippen LogP contribution in [0.15, 0.2) is 53.4 Å². The number of hydrogen-bond acceptors (Lipinski definition) is 4. The van der Waals surface area contributed by atoms with Crippen molar-refractivity contribution in [1.29, 1.82) is 5.26 Å². The molecule has 1 saturated heterocycles. The highest BCUT2D eigenvalue weighted by atomic mass is 32.2. The molecule has 1 fully saturated rings. The molecule has 0 aliphatic carbocycles. The van der Waals surface area contributed by atoms with Gasteiger partial charge in [0.1, 0.15) is 11.9 Å². The standard InChI is InChI=1S/C21H22FN3O3S/c1-24(15-18-7-2-4-8-19(18)22)21(26)16-10-12-25(13-11-16)29(27,28)20-9-5-3-6-17(20)14-23/h2-9,16H,10-13,15H2,1H3. The van der Waals surface area contributed by atoms with Crippen molar-refractivity contribution in [3.63, 3.8) is 0 Å². The van der Waals surface area contributed by atoms with Crippen LogP contribution in [0.4, 0.5) is 4.39 Å². The van der Waals surface area contributed by atoms with E-state index in [1.165, 1.54) is 27.4 Å². The number of piperidine rings is 1. The summed E-state index contributed by atoms with van der Waals surface area (Å²) in [6.45, 7) is 0.567. The molecule has 29 heavy (non-hydrogen) atoms. The number of amides is 1. The van der Waals surface area contributed by atoms with Gasteiger partial charge in [-0.3, -0.25) is 4.79 Å². The van der Waals surface area contributed by atoms with Crippen molar-refractivity contribution < 1.29 is 17.6 Å². The predicted octanol–water partition coefficient (Wildman–Crippen LogP) is 2.76. The zero-order valence-corrected chi connectivity index (χ0v) is 16.9. The van der Waals surface area contributed by atoms with Gasteiger partial charge in [-0.1, -0.05) is 30.3 Å². The Labute approximate surface area is 170 Å². The maximum Gasteiger partial charge on any atom is 0.244 e. The quantitative estimate of drug-likeness (QED) is 0.752. The maximum absolute atomic E-state index is 13.8. The van der Waals surface area contributed by atoms with Gasteiger partial charge in [0.25, 0.3) is 0 Å². The van der Waals surface area contributed by atoms with Crippen molar-refractivity contribution in [3.05, 3.63) is 65.5 Å². The van der Waals surface area contributed by atoms with Gasteiger partial charge < -0.3 is 4.90 Å². The predicted molar refractivity (Wildman–Crippen MR) is 106 cm³/mol. The number of halogens is 1. The number of hydrogen-bond donors (Lipinski definition) is 0. The van der Waals surface area contributed by atoms with Gasteiger partial charge in [-0.2, -0.15) is 9.57 Å². The SMILES string of the molecule is CN(Cc1ccccc1F)C(=O)C1CCN(S(=O)(=O)c2ccccc2C#N)CC1. The van der Waals surface area contributed by atoms with Crippen LogP contribution in [0.3, 0.4) is 0 Å². The summed E-state index contributed by atoms with van der Waals surface area (Å²) in [7, 11) is -2.17. The maximum atomic E-state index is 13.8. The van der Waals surface area contributed by atoms with E-state index in [-0.39, 0.29) is 47.7 Å². The molecule has 0 atom stereocenters. The molecule has 0 N–H and O–H groups in total. The molecule has 0 saturated carbocycles. The number of benzene rings is 2. The monoisotopic (exact) mass is 415 g/mol. The lowest BCUT2D eigenvalue weighted by Crippen LogP contribution is -2.43. The normalized spacial score (nSPS) is 15.6. The molecule has 152 valence electrons. The van der Waals surface area contributed by atoms with E-state index in [4.69, 9.17) is 0 Å². The van der Waals surface area contributed by atoms with E-state index in [9.17, 15) is 22.9 Å². The molecule has 0 aromatic heterocycles. The molecule has 6 nitrogen and oxygen atoms in total. The molecular formula is C21H22FN3O3S. The van der Waals surface area contributed by atoms with Gasteiger partial charge >= 0.3 is 0 Å². The van der Waals surface area contributed by atoms with E-state index in [1.54, 1.807) is 37.4 Å². The fourth-order valence-corrected chi connectivity index (χ4v) is 5.15. The smallest absolute Gasteiger partial charge is 0.244 e. The van der Waals surface area contributed by atoms with Crippen molar-refractivity contribution in [2.45, 2.75) is 24.3 Å². The van der Waals surface area contributed by atoms with Crippen LogP contribution in [0.5, 0.6) is 0 Å². The van der Waals surface area contributed by atoms with E-state index >= 15 is 0 Å². The second-order valence-corrected chi connectivity index (χ2v) is 8.98. The molecule has 8 heteroatoms. The number of carbonyl (C=O) groups excluding carboxylic acids is 1. The van der Waals surface area contributed by atoms with Crippen LogP contribution < -0.4 is 0 Å². The number of rotatable bonds is 5. The fourth-order valence-electron chi connectivity index (χ4n) is 3.54. The number of carbonyl (C=O) groups is 1. The third kappa shape index (κ3) is 4.47. The first-order chi connectivity index (χ1) is 13.8. The molecule has 1 aliphatic heterocycles. The van der Waals surface area contributed by atoms with Gasteiger partial charge in [0.2, 0.25) is 15.9 Å². The summed E-state index contributed by atoms with van der Waals surface area (Å²) in [5, 5.41) is 9.19. The van der Waals surface area contributed by atoms with Crippen molar-refractivity contribution in [2.24, 2.45) is 5.92 Å². The van der Waals surface area contributed by atoms with Gasteiger partial charge in [0.15, 0.2) is 0 Å². The number of nitrogens with zero attached hydrogens (tertiary/aromatic N) is 3. The van der Waals surface area contributed by atoms with E-state index in [2.05, 4.69) is 0 Å². The first kappa shape index (κ1) is 21.0. The Morgan fingerprint density at radius 1 is 1.17 bits per heavy atom. The van der Waals surface area contributed by atoms with Crippen LogP contribution >= 0.6 is 0 Å². The Balaban J connectivity index is 1.65. The van der Waals surface area contributed by atoms with Gasteiger partial charge in [-0.05, 0) is 31.0 Å². The Morgan fingerprint density at radius 3 is 2.45 bits per heavy atom. The second kappa shape index (κ2) is 8.72. The summed E-state index contributed by atoms with van der Waals surface area (Å²) in [6, 6.07) is 14.3. The highest BCUT2D eigenvalue weighted by Crippen LogP contribution is 2.27. The van der Waals surface area contributed by atoms with Crippen molar-refractivity contribution in [1.82, 2.24) is 9.21 Å². The summed E-state index contributed by atoms with van der Waals surface area (Å²) < 4.78 is 40.9. The van der Waals surface area contributed by atoms with E-state index < -0.39 is 10.0 Å². The minimum absolute atomic E-state index is 0.0102. The molecule has 0 spiro atoms. The van der Waals surface area contributed by atoms with E-state index in [0.29, 0.717) is 18.4 Å². The third-order valence-electron chi connectivity index (χ3n) is 5.17. The zero-order chi connectivity index (χ0) is 21.0. The minimum Gasteiger partial charge on any atom is -0.341 e. The van der Waals surface area contributed by atoms with Gasteiger partial charge in [0, 0.05) is 38.2 Å². The average molecular weight is 415 g/mol. The van der Waals surface area contributed by atoms with Crippen LogP contribution in [-0.4, -0.2) is 43.7 Å². The first-order valence-electron chi connectivity index (χ1n) is 9.32. The number of nitriles is 1. The van der Waals surface area contributed by atoms with E-state index in [1.807, 2.05) is 6.07 Å². The third-order valence-corrected chi connectivity index (χ3v) is 7.13.